The minimum absolute atomic E-state index is 0.310. The van der Waals surface area contributed by atoms with E-state index in [0.29, 0.717) is 19.0 Å². The summed E-state index contributed by atoms with van der Waals surface area (Å²) in [7, 11) is 0. The molecule has 0 amide bonds. The Bertz CT molecular complexity index is 500. The number of aliphatic hydroxyl groups excluding tert-OH is 1. The number of hydrogen-bond acceptors (Lipinski definition) is 4. The molecule has 0 spiro atoms. The lowest BCUT2D eigenvalue weighted by molar-refractivity contribution is -0.137. The first kappa shape index (κ1) is 17.0. The number of carbonyl (C=O) groups is 1. The van der Waals surface area contributed by atoms with Crippen molar-refractivity contribution in [1.82, 2.24) is 0 Å². The summed E-state index contributed by atoms with van der Waals surface area (Å²) >= 11 is 0. The van der Waals surface area contributed by atoms with Gasteiger partial charge < -0.3 is 14.6 Å². The number of aliphatic hydroxyl groups is 1. The number of esters is 1. The summed E-state index contributed by atoms with van der Waals surface area (Å²) in [4.78, 5) is 11.4. The number of hydrogen-bond donors (Lipinski definition) is 1. The van der Waals surface area contributed by atoms with Gasteiger partial charge in [0.1, 0.15) is 5.76 Å². The second kappa shape index (κ2) is 8.97. The molecule has 114 valence electrons. The largest absolute Gasteiger partial charge is 0.494 e. The highest BCUT2D eigenvalue weighted by Gasteiger charge is 2.05. The van der Waals surface area contributed by atoms with Crippen LogP contribution in [0.1, 0.15) is 31.1 Å². The predicted molar refractivity (Wildman–Crippen MR) is 81.6 cm³/mol. The van der Waals surface area contributed by atoms with E-state index in [0.717, 1.165) is 11.1 Å². The highest BCUT2D eigenvalue weighted by atomic mass is 16.5. The van der Waals surface area contributed by atoms with Gasteiger partial charge in [0.2, 0.25) is 0 Å². The lowest BCUT2D eigenvalue weighted by atomic mass is 10.1. The summed E-state index contributed by atoms with van der Waals surface area (Å²) in [6, 6.07) is 7.59. The molecule has 0 radical (unpaired) electrons. The van der Waals surface area contributed by atoms with Crippen molar-refractivity contribution in [2.75, 3.05) is 13.2 Å². The molecule has 0 heterocycles. The van der Waals surface area contributed by atoms with Gasteiger partial charge in [-0.05, 0) is 38.5 Å². The topological polar surface area (TPSA) is 55.8 Å². The first-order valence-corrected chi connectivity index (χ1v) is 7.00. The van der Waals surface area contributed by atoms with Crippen molar-refractivity contribution in [1.29, 1.82) is 0 Å². The fourth-order valence-electron chi connectivity index (χ4n) is 1.67. The van der Waals surface area contributed by atoms with Crippen LogP contribution in [-0.4, -0.2) is 24.3 Å². The molecule has 4 heteroatoms. The van der Waals surface area contributed by atoms with E-state index in [1.165, 1.54) is 6.08 Å². The Hall–Kier alpha value is -2.07. The zero-order chi connectivity index (χ0) is 15.7. The van der Waals surface area contributed by atoms with Gasteiger partial charge in [0, 0.05) is 0 Å². The van der Waals surface area contributed by atoms with E-state index in [2.05, 4.69) is 0 Å². The molecule has 1 rings (SSSR count). The molecule has 21 heavy (non-hydrogen) atoms. The van der Waals surface area contributed by atoms with Crippen LogP contribution >= 0.6 is 0 Å². The molecule has 0 aromatic heterocycles. The number of rotatable bonds is 7. The molecule has 0 fully saturated rings. The Balaban J connectivity index is 2.77. The Morgan fingerprint density at radius 3 is 2.38 bits per heavy atom. The molecule has 1 atom stereocenters. The molecular formula is C17H22O4. The normalized spacial score (nSPS) is 13.2. The van der Waals surface area contributed by atoms with E-state index in [1.54, 1.807) is 19.1 Å². The maximum Gasteiger partial charge on any atom is 0.334 e. The van der Waals surface area contributed by atoms with Gasteiger partial charge in [0.05, 0.1) is 25.4 Å². The summed E-state index contributed by atoms with van der Waals surface area (Å²) < 4.78 is 10.2. The molecule has 0 saturated heterocycles. The number of carbonyl (C=O) groups excluding carboxylic acids is 1. The number of benzene rings is 1. The Kier molecular flexibility index (Phi) is 7.26. The monoisotopic (exact) mass is 290 g/mol. The van der Waals surface area contributed by atoms with Crippen LogP contribution in [-0.2, 0) is 14.3 Å². The minimum atomic E-state index is -0.753. The van der Waals surface area contributed by atoms with Gasteiger partial charge in [-0.1, -0.05) is 29.8 Å². The summed E-state index contributed by atoms with van der Waals surface area (Å²) in [6.45, 7) is 6.29. The van der Waals surface area contributed by atoms with Crippen LogP contribution < -0.4 is 0 Å². The number of aryl methyl sites for hydroxylation is 1. The van der Waals surface area contributed by atoms with Crippen LogP contribution in [0.3, 0.4) is 0 Å². The number of ether oxygens (including phenoxy) is 2. The second-order valence-corrected chi connectivity index (χ2v) is 4.45. The summed E-state index contributed by atoms with van der Waals surface area (Å²) in [5, 5.41) is 10.1. The molecule has 1 aromatic carbocycles. The average Bonchev–Trinajstić information content (AvgIpc) is 2.45. The van der Waals surface area contributed by atoms with E-state index in [1.807, 2.05) is 38.1 Å². The third kappa shape index (κ3) is 6.27. The highest BCUT2D eigenvalue weighted by Crippen LogP contribution is 2.16. The first-order chi connectivity index (χ1) is 10.1. The molecule has 0 aliphatic heterocycles. The Morgan fingerprint density at radius 1 is 1.19 bits per heavy atom. The van der Waals surface area contributed by atoms with Crippen molar-refractivity contribution in [3.63, 3.8) is 0 Å². The van der Waals surface area contributed by atoms with E-state index < -0.39 is 12.1 Å². The van der Waals surface area contributed by atoms with Crippen molar-refractivity contribution >= 4 is 5.97 Å². The molecule has 1 aromatic rings. The highest BCUT2D eigenvalue weighted by molar-refractivity contribution is 5.82. The van der Waals surface area contributed by atoms with Crippen LogP contribution in [0.15, 0.2) is 48.3 Å². The Labute approximate surface area is 125 Å². The smallest absolute Gasteiger partial charge is 0.334 e. The van der Waals surface area contributed by atoms with Gasteiger partial charge in [0.25, 0.3) is 0 Å². The number of allylic oxidation sites excluding steroid dienone is 1. The van der Waals surface area contributed by atoms with E-state index in [-0.39, 0.29) is 0 Å². The first-order valence-electron chi connectivity index (χ1n) is 7.00. The molecular weight excluding hydrogens is 268 g/mol. The van der Waals surface area contributed by atoms with Crippen molar-refractivity contribution in [2.24, 2.45) is 0 Å². The van der Waals surface area contributed by atoms with Gasteiger partial charge in [-0.25, -0.2) is 4.79 Å². The fourth-order valence-corrected chi connectivity index (χ4v) is 1.67. The molecule has 1 unspecified atom stereocenters. The van der Waals surface area contributed by atoms with Crippen molar-refractivity contribution < 1.29 is 19.4 Å². The van der Waals surface area contributed by atoms with Gasteiger partial charge >= 0.3 is 5.97 Å². The van der Waals surface area contributed by atoms with Crippen molar-refractivity contribution in [2.45, 2.75) is 26.9 Å². The van der Waals surface area contributed by atoms with Gasteiger partial charge in [-0.2, -0.15) is 0 Å². The van der Waals surface area contributed by atoms with Crippen LogP contribution in [0.2, 0.25) is 0 Å². The molecule has 0 bridgehead atoms. The summed E-state index contributed by atoms with van der Waals surface area (Å²) in [5.41, 5.74) is 1.91. The van der Waals surface area contributed by atoms with Crippen LogP contribution in [0.25, 0.3) is 0 Å². The van der Waals surface area contributed by atoms with Gasteiger partial charge in [0.15, 0.2) is 0 Å². The maximum absolute atomic E-state index is 11.4. The average molecular weight is 290 g/mol. The zero-order valence-electron chi connectivity index (χ0n) is 12.7. The van der Waals surface area contributed by atoms with Crippen LogP contribution in [0.4, 0.5) is 0 Å². The van der Waals surface area contributed by atoms with Crippen molar-refractivity contribution in [3.05, 3.63) is 59.4 Å². The van der Waals surface area contributed by atoms with E-state index >= 15 is 0 Å². The van der Waals surface area contributed by atoms with Gasteiger partial charge in [-0.3, -0.25) is 0 Å². The van der Waals surface area contributed by atoms with Crippen molar-refractivity contribution in [3.8, 4) is 0 Å². The second-order valence-electron chi connectivity index (χ2n) is 4.45. The summed E-state index contributed by atoms with van der Waals surface area (Å²) in [6.07, 6.45) is 3.67. The predicted octanol–water partition coefficient (Wildman–Crippen LogP) is 3.07. The quantitative estimate of drug-likeness (QED) is 0.363. The molecule has 0 aliphatic rings. The van der Waals surface area contributed by atoms with Gasteiger partial charge in [-0.15, -0.1) is 0 Å². The SMILES string of the molecule is CCOC(=O)/C=C(/C=C/C(O)c1ccc(C)cc1)OCC. The molecule has 4 nitrogen and oxygen atoms in total. The third-order valence-corrected chi connectivity index (χ3v) is 2.72. The standard InChI is InChI=1S/C17H22O4/c1-4-20-15(12-17(19)21-5-2)10-11-16(18)14-8-6-13(3)7-9-14/h6-12,16,18H,4-5H2,1-3H3/b11-10+,15-12-. The summed E-state index contributed by atoms with van der Waals surface area (Å²) in [5.74, 6) is -0.0995. The van der Waals surface area contributed by atoms with E-state index in [9.17, 15) is 9.90 Å². The van der Waals surface area contributed by atoms with Crippen LogP contribution in [0.5, 0.6) is 0 Å². The molecule has 1 N–H and O–H groups in total. The third-order valence-electron chi connectivity index (χ3n) is 2.72. The Morgan fingerprint density at radius 2 is 1.81 bits per heavy atom. The van der Waals surface area contributed by atoms with E-state index in [4.69, 9.17) is 9.47 Å². The zero-order valence-corrected chi connectivity index (χ0v) is 12.7. The minimum Gasteiger partial charge on any atom is -0.494 e. The maximum atomic E-state index is 11.4. The molecule has 0 saturated carbocycles. The lowest BCUT2D eigenvalue weighted by Crippen LogP contribution is -2.02. The molecule has 0 aliphatic carbocycles. The lowest BCUT2D eigenvalue weighted by Gasteiger charge is -2.08. The van der Waals surface area contributed by atoms with Crippen LogP contribution in [0, 0.1) is 6.92 Å². The fraction of sp³-hybridized carbons (Fsp3) is 0.353.